The fourth-order valence-electron chi connectivity index (χ4n) is 0.256. The Bertz CT molecular complexity index is 27.3. The Morgan fingerprint density at radius 1 is 1.71 bits per heavy atom. The Labute approximate surface area is 53.2 Å². The minimum Gasteiger partial charge on any atom is -0.376 e. The maximum Gasteiger partial charge on any atom is 0.0805 e. The topological polar surface area (TPSA) is 9.23 Å². The van der Waals surface area contributed by atoms with E-state index < -0.39 is 0 Å². The highest BCUT2D eigenvalue weighted by Gasteiger charge is 1.80. The van der Waals surface area contributed by atoms with Gasteiger partial charge in [0.15, 0.2) is 0 Å². The molecule has 0 heterocycles. The second-order valence-corrected chi connectivity index (χ2v) is 1.94. The highest BCUT2D eigenvalue weighted by molar-refractivity contribution is 9.09. The van der Waals surface area contributed by atoms with Gasteiger partial charge in [0, 0.05) is 11.9 Å². The van der Waals surface area contributed by atoms with Gasteiger partial charge in [-0.05, 0) is 13.3 Å². The van der Waals surface area contributed by atoms with Crippen LogP contribution in [0.4, 0.5) is 0 Å². The SMILES string of the molecule is C[CH]OCCCBr. The summed E-state index contributed by atoms with van der Waals surface area (Å²) in [7, 11) is 0. The average molecular weight is 166 g/mol. The molecule has 0 bridgehead atoms. The first-order chi connectivity index (χ1) is 3.41. The predicted molar refractivity (Wildman–Crippen MR) is 34.3 cm³/mol. The van der Waals surface area contributed by atoms with Crippen LogP contribution in [0.1, 0.15) is 13.3 Å². The van der Waals surface area contributed by atoms with Crippen molar-refractivity contribution >= 4 is 15.9 Å². The number of alkyl halides is 1. The molecule has 43 valence electrons. The number of hydrogen-bond acceptors (Lipinski definition) is 1. The number of ether oxygens (including phenoxy) is 1. The quantitative estimate of drug-likeness (QED) is 0.458. The molecule has 0 aromatic heterocycles. The van der Waals surface area contributed by atoms with E-state index in [0.717, 1.165) is 18.4 Å². The first-order valence-electron chi connectivity index (χ1n) is 2.37. The molecule has 0 aliphatic rings. The number of hydrogen-bond donors (Lipinski definition) is 0. The van der Waals surface area contributed by atoms with Gasteiger partial charge in [-0.1, -0.05) is 15.9 Å². The van der Waals surface area contributed by atoms with Gasteiger partial charge in [0.25, 0.3) is 0 Å². The molecular weight excluding hydrogens is 156 g/mol. The molecule has 1 nitrogen and oxygen atoms in total. The number of rotatable bonds is 4. The van der Waals surface area contributed by atoms with Crippen molar-refractivity contribution < 1.29 is 4.74 Å². The van der Waals surface area contributed by atoms with Crippen LogP contribution in [0.25, 0.3) is 0 Å². The first-order valence-corrected chi connectivity index (χ1v) is 3.49. The van der Waals surface area contributed by atoms with Crippen molar-refractivity contribution in [2.75, 3.05) is 11.9 Å². The first kappa shape index (κ1) is 7.44. The third-order valence-corrected chi connectivity index (χ3v) is 1.12. The summed E-state index contributed by atoms with van der Waals surface area (Å²) in [5, 5.41) is 1.03. The van der Waals surface area contributed by atoms with Crippen molar-refractivity contribution in [2.45, 2.75) is 13.3 Å². The van der Waals surface area contributed by atoms with Gasteiger partial charge in [-0.3, -0.25) is 0 Å². The Morgan fingerprint density at radius 2 is 2.43 bits per heavy atom. The van der Waals surface area contributed by atoms with E-state index in [2.05, 4.69) is 15.9 Å². The maximum absolute atomic E-state index is 4.92. The second kappa shape index (κ2) is 6.44. The third-order valence-electron chi connectivity index (χ3n) is 0.562. The van der Waals surface area contributed by atoms with Crippen LogP contribution >= 0.6 is 15.9 Å². The fourth-order valence-corrected chi connectivity index (χ4v) is 0.485. The van der Waals surface area contributed by atoms with Crippen LogP contribution in [0.15, 0.2) is 0 Å². The van der Waals surface area contributed by atoms with Crippen molar-refractivity contribution in [3.8, 4) is 0 Å². The lowest BCUT2D eigenvalue weighted by Gasteiger charge is -1.93. The highest BCUT2D eigenvalue weighted by Crippen LogP contribution is 1.88. The van der Waals surface area contributed by atoms with Crippen molar-refractivity contribution in [3.63, 3.8) is 0 Å². The fraction of sp³-hybridized carbons (Fsp3) is 0.800. The molecule has 0 spiro atoms. The molecule has 0 aliphatic carbocycles. The molecule has 0 saturated carbocycles. The Balaban J connectivity index is 2.45. The molecule has 0 aromatic carbocycles. The largest absolute Gasteiger partial charge is 0.376 e. The normalized spacial score (nSPS) is 9.43. The lowest BCUT2D eigenvalue weighted by Crippen LogP contribution is -1.88. The van der Waals surface area contributed by atoms with Gasteiger partial charge in [-0.2, -0.15) is 0 Å². The molecule has 0 fully saturated rings. The van der Waals surface area contributed by atoms with Crippen molar-refractivity contribution in [1.82, 2.24) is 0 Å². The monoisotopic (exact) mass is 165 g/mol. The van der Waals surface area contributed by atoms with Crippen LogP contribution in [0.5, 0.6) is 0 Å². The van der Waals surface area contributed by atoms with Crippen molar-refractivity contribution in [1.29, 1.82) is 0 Å². The summed E-state index contributed by atoms with van der Waals surface area (Å²) >= 11 is 3.29. The molecule has 0 N–H and O–H groups in total. The summed E-state index contributed by atoms with van der Waals surface area (Å²) in [6.45, 7) is 4.43. The Hall–Kier alpha value is 0.440. The predicted octanol–water partition coefficient (Wildman–Crippen LogP) is 1.97. The smallest absolute Gasteiger partial charge is 0.0805 e. The van der Waals surface area contributed by atoms with E-state index in [1.165, 1.54) is 0 Å². The van der Waals surface area contributed by atoms with Crippen LogP contribution in [0.2, 0.25) is 0 Å². The van der Waals surface area contributed by atoms with Gasteiger partial charge >= 0.3 is 0 Å². The molecule has 0 atom stereocenters. The molecule has 0 unspecified atom stereocenters. The Kier molecular flexibility index (Phi) is 6.84. The summed E-state index contributed by atoms with van der Waals surface area (Å²) in [6, 6.07) is 0. The zero-order chi connectivity index (χ0) is 5.54. The third kappa shape index (κ3) is 6.44. The molecule has 0 aromatic rings. The maximum atomic E-state index is 4.92. The van der Waals surface area contributed by atoms with Gasteiger partial charge in [-0.25, -0.2) is 0 Å². The van der Waals surface area contributed by atoms with Crippen LogP contribution in [0, 0.1) is 6.61 Å². The van der Waals surface area contributed by atoms with E-state index >= 15 is 0 Å². The van der Waals surface area contributed by atoms with Gasteiger partial charge in [-0.15, -0.1) is 0 Å². The molecule has 0 saturated heterocycles. The summed E-state index contributed by atoms with van der Waals surface area (Å²) in [4.78, 5) is 0. The van der Waals surface area contributed by atoms with Crippen LogP contribution in [-0.4, -0.2) is 11.9 Å². The van der Waals surface area contributed by atoms with Gasteiger partial charge in [0.2, 0.25) is 0 Å². The lowest BCUT2D eigenvalue weighted by atomic mass is 10.5. The summed E-state index contributed by atoms with van der Waals surface area (Å²) in [5.74, 6) is 0. The van der Waals surface area contributed by atoms with Crippen molar-refractivity contribution in [2.24, 2.45) is 0 Å². The van der Waals surface area contributed by atoms with Crippen LogP contribution in [-0.2, 0) is 4.74 Å². The minimum atomic E-state index is 0.835. The van der Waals surface area contributed by atoms with E-state index in [1.807, 2.05) is 6.92 Å². The zero-order valence-electron chi connectivity index (χ0n) is 4.48. The van der Waals surface area contributed by atoms with E-state index in [4.69, 9.17) is 4.74 Å². The van der Waals surface area contributed by atoms with Crippen molar-refractivity contribution in [3.05, 3.63) is 6.61 Å². The van der Waals surface area contributed by atoms with Gasteiger partial charge in [0.1, 0.15) is 0 Å². The van der Waals surface area contributed by atoms with Crippen LogP contribution in [0.3, 0.4) is 0 Å². The standard InChI is InChI=1S/C5H10BrO/c1-2-7-5-3-4-6/h2H,3-5H2,1H3. The summed E-state index contributed by atoms with van der Waals surface area (Å²) in [6.07, 6.45) is 1.09. The minimum absolute atomic E-state index is 0.835. The summed E-state index contributed by atoms with van der Waals surface area (Å²) in [5.41, 5.74) is 0. The van der Waals surface area contributed by atoms with E-state index in [9.17, 15) is 0 Å². The second-order valence-electron chi connectivity index (χ2n) is 1.15. The summed E-state index contributed by atoms with van der Waals surface area (Å²) < 4.78 is 4.92. The van der Waals surface area contributed by atoms with Crippen LogP contribution < -0.4 is 0 Å². The zero-order valence-corrected chi connectivity index (χ0v) is 6.07. The van der Waals surface area contributed by atoms with E-state index in [0.29, 0.717) is 0 Å². The van der Waals surface area contributed by atoms with E-state index in [-0.39, 0.29) is 0 Å². The van der Waals surface area contributed by atoms with Gasteiger partial charge < -0.3 is 4.74 Å². The molecule has 0 aliphatic heterocycles. The van der Waals surface area contributed by atoms with E-state index in [1.54, 1.807) is 6.61 Å². The van der Waals surface area contributed by atoms with Gasteiger partial charge in [0.05, 0.1) is 6.61 Å². The highest BCUT2D eigenvalue weighted by atomic mass is 79.9. The lowest BCUT2D eigenvalue weighted by molar-refractivity contribution is 0.206. The number of halogens is 1. The molecule has 0 amide bonds. The molecular formula is C5H10BrO. The molecule has 1 radical (unpaired) electrons. The molecule has 0 rings (SSSR count). The molecule has 7 heavy (non-hydrogen) atoms. The molecule has 2 heteroatoms. The average Bonchev–Trinajstić information content (AvgIpc) is 1.69. The Morgan fingerprint density at radius 3 is 2.86 bits per heavy atom.